The Morgan fingerprint density at radius 1 is 1.29 bits per heavy atom. The normalized spacial score (nSPS) is 12.6. The molecule has 0 saturated heterocycles. The number of benzene rings is 1. The van der Waals surface area contributed by atoms with Crippen LogP contribution in [0, 0.1) is 19.8 Å². The molecule has 1 rings (SSSR count). The van der Waals surface area contributed by atoms with Crippen LogP contribution in [0.3, 0.4) is 0 Å². The summed E-state index contributed by atoms with van der Waals surface area (Å²) in [5, 5.41) is 0.984. The van der Waals surface area contributed by atoms with Gasteiger partial charge in [0.25, 0.3) is 0 Å². The van der Waals surface area contributed by atoms with Gasteiger partial charge in [-0.2, -0.15) is 0 Å². The Kier molecular flexibility index (Phi) is 4.46. The zero-order chi connectivity index (χ0) is 10.6. The maximum atomic E-state index is 5.66. The molecule has 2 heteroatoms. The average Bonchev–Trinajstić information content (AvgIpc) is 2.19. The van der Waals surface area contributed by atoms with Gasteiger partial charge in [-0.3, -0.25) is 0 Å². The van der Waals surface area contributed by atoms with Crippen LogP contribution >= 0.6 is 15.9 Å². The Hall–Kier alpha value is -0.500. The van der Waals surface area contributed by atoms with Gasteiger partial charge in [0.05, 0.1) is 6.61 Å². The van der Waals surface area contributed by atoms with Crippen molar-refractivity contribution in [2.24, 2.45) is 5.92 Å². The van der Waals surface area contributed by atoms with Crippen LogP contribution in [0.25, 0.3) is 0 Å². The molecule has 14 heavy (non-hydrogen) atoms. The molecule has 0 fully saturated rings. The fraction of sp³-hybridized carbons (Fsp3) is 0.500. The first kappa shape index (κ1) is 11.6. The molecule has 0 N–H and O–H groups in total. The highest BCUT2D eigenvalue weighted by molar-refractivity contribution is 9.09. The number of hydrogen-bond donors (Lipinski definition) is 0. The molecule has 1 atom stereocenters. The molecule has 0 aromatic heterocycles. The van der Waals surface area contributed by atoms with E-state index in [4.69, 9.17) is 4.74 Å². The smallest absolute Gasteiger partial charge is 0.119 e. The van der Waals surface area contributed by atoms with Crippen LogP contribution in [0.4, 0.5) is 0 Å². The van der Waals surface area contributed by atoms with Crippen molar-refractivity contribution in [1.29, 1.82) is 0 Å². The molecule has 0 radical (unpaired) electrons. The molecule has 0 aliphatic rings. The second kappa shape index (κ2) is 5.40. The van der Waals surface area contributed by atoms with E-state index >= 15 is 0 Å². The molecule has 1 aromatic carbocycles. The van der Waals surface area contributed by atoms with Gasteiger partial charge in [0.1, 0.15) is 5.75 Å². The van der Waals surface area contributed by atoms with Crippen molar-refractivity contribution in [2.45, 2.75) is 20.8 Å². The molecule has 0 aliphatic carbocycles. The van der Waals surface area contributed by atoms with E-state index in [2.05, 4.69) is 48.8 Å². The number of ether oxygens (including phenoxy) is 1. The molecule has 0 aliphatic heterocycles. The molecular weight excluding hydrogens is 240 g/mol. The summed E-state index contributed by atoms with van der Waals surface area (Å²) in [4.78, 5) is 0. The van der Waals surface area contributed by atoms with E-state index in [1.165, 1.54) is 11.1 Å². The maximum absolute atomic E-state index is 5.66. The molecule has 0 spiro atoms. The topological polar surface area (TPSA) is 9.23 Å². The molecule has 1 nitrogen and oxygen atoms in total. The Labute approximate surface area is 94.6 Å². The van der Waals surface area contributed by atoms with Crippen molar-refractivity contribution >= 4 is 15.9 Å². The second-order valence-electron chi connectivity index (χ2n) is 3.82. The summed E-state index contributed by atoms with van der Waals surface area (Å²) < 4.78 is 5.66. The quantitative estimate of drug-likeness (QED) is 0.747. The second-order valence-corrected chi connectivity index (χ2v) is 4.46. The first-order valence-electron chi connectivity index (χ1n) is 4.89. The van der Waals surface area contributed by atoms with Gasteiger partial charge >= 0.3 is 0 Å². The third kappa shape index (κ3) is 3.33. The fourth-order valence-corrected chi connectivity index (χ4v) is 1.27. The zero-order valence-corrected chi connectivity index (χ0v) is 10.6. The Morgan fingerprint density at radius 2 is 2.00 bits per heavy atom. The van der Waals surface area contributed by atoms with Gasteiger partial charge in [0, 0.05) is 5.33 Å². The van der Waals surface area contributed by atoms with Gasteiger partial charge in [0.2, 0.25) is 0 Å². The largest absolute Gasteiger partial charge is 0.493 e. The number of halogens is 1. The summed E-state index contributed by atoms with van der Waals surface area (Å²) in [6, 6.07) is 6.23. The third-order valence-electron chi connectivity index (χ3n) is 2.28. The summed E-state index contributed by atoms with van der Waals surface area (Å²) in [7, 11) is 0. The first-order valence-corrected chi connectivity index (χ1v) is 6.01. The van der Waals surface area contributed by atoms with Crippen molar-refractivity contribution in [3.8, 4) is 5.75 Å². The van der Waals surface area contributed by atoms with Crippen molar-refractivity contribution in [1.82, 2.24) is 0 Å². The van der Waals surface area contributed by atoms with Crippen LogP contribution < -0.4 is 4.74 Å². The van der Waals surface area contributed by atoms with Crippen molar-refractivity contribution in [2.75, 3.05) is 11.9 Å². The van der Waals surface area contributed by atoms with E-state index in [0.29, 0.717) is 5.92 Å². The monoisotopic (exact) mass is 256 g/mol. The summed E-state index contributed by atoms with van der Waals surface area (Å²) in [6.07, 6.45) is 0. The molecule has 0 heterocycles. The highest BCUT2D eigenvalue weighted by atomic mass is 79.9. The number of rotatable bonds is 4. The maximum Gasteiger partial charge on any atom is 0.119 e. The number of alkyl halides is 1. The van der Waals surface area contributed by atoms with Crippen LogP contribution in [0.5, 0.6) is 5.75 Å². The van der Waals surface area contributed by atoms with Crippen LogP contribution in [-0.2, 0) is 0 Å². The van der Waals surface area contributed by atoms with E-state index in [1.54, 1.807) is 0 Å². The Bertz CT molecular complexity index is 296. The Balaban J connectivity index is 2.55. The van der Waals surface area contributed by atoms with Crippen LogP contribution in [0.1, 0.15) is 18.1 Å². The summed E-state index contributed by atoms with van der Waals surface area (Å²) in [6.45, 7) is 7.15. The molecule has 1 unspecified atom stereocenters. The van der Waals surface area contributed by atoms with Gasteiger partial charge in [-0.05, 0) is 43.0 Å². The molecule has 0 bridgehead atoms. The van der Waals surface area contributed by atoms with Crippen LogP contribution in [0.2, 0.25) is 0 Å². The predicted octanol–water partition coefficient (Wildman–Crippen LogP) is 3.71. The summed E-state index contributed by atoms with van der Waals surface area (Å²) in [5.74, 6) is 1.53. The van der Waals surface area contributed by atoms with Gasteiger partial charge in [-0.1, -0.05) is 28.9 Å². The SMILES string of the molecule is Cc1ccc(OCC(C)CBr)cc1C. The Morgan fingerprint density at radius 3 is 2.57 bits per heavy atom. The van der Waals surface area contributed by atoms with E-state index in [9.17, 15) is 0 Å². The van der Waals surface area contributed by atoms with Crippen molar-refractivity contribution < 1.29 is 4.74 Å². The molecule has 1 aromatic rings. The number of aryl methyl sites for hydroxylation is 2. The lowest BCUT2D eigenvalue weighted by molar-refractivity contribution is 0.274. The first-order chi connectivity index (χ1) is 6.63. The lowest BCUT2D eigenvalue weighted by atomic mass is 10.1. The lowest BCUT2D eigenvalue weighted by Gasteiger charge is -2.11. The lowest BCUT2D eigenvalue weighted by Crippen LogP contribution is -2.09. The molecular formula is C12H17BrO. The molecule has 0 saturated carbocycles. The third-order valence-corrected chi connectivity index (χ3v) is 3.38. The minimum absolute atomic E-state index is 0.552. The molecule has 78 valence electrons. The predicted molar refractivity (Wildman–Crippen MR) is 64.4 cm³/mol. The molecule has 0 amide bonds. The highest BCUT2D eigenvalue weighted by Crippen LogP contribution is 2.17. The van der Waals surface area contributed by atoms with Crippen molar-refractivity contribution in [3.05, 3.63) is 29.3 Å². The fourth-order valence-electron chi connectivity index (χ4n) is 1.09. The van der Waals surface area contributed by atoms with E-state index in [-0.39, 0.29) is 0 Å². The van der Waals surface area contributed by atoms with Crippen molar-refractivity contribution in [3.63, 3.8) is 0 Å². The highest BCUT2D eigenvalue weighted by Gasteiger charge is 2.01. The van der Waals surface area contributed by atoms with E-state index in [0.717, 1.165) is 17.7 Å². The van der Waals surface area contributed by atoms with E-state index < -0.39 is 0 Å². The number of hydrogen-bond acceptors (Lipinski definition) is 1. The van der Waals surface area contributed by atoms with Crippen LogP contribution in [0.15, 0.2) is 18.2 Å². The minimum Gasteiger partial charge on any atom is -0.493 e. The van der Waals surface area contributed by atoms with Gasteiger partial charge in [-0.25, -0.2) is 0 Å². The van der Waals surface area contributed by atoms with Gasteiger partial charge in [-0.15, -0.1) is 0 Å². The van der Waals surface area contributed by atoms with Gasteiger partial charge < -0.3 is 4.74 Å². The standard InChI is InChI=1S/C12H17BrO/c1-9(7-13)8-14-12-5-4-10(2)11(3)6-12/h4-6,9H,7-8H2,1-3H3. The minimum atomic E-state index is 0.552. The average molecular weight is 257 g/mol. The summed E-state index contributed by atoms with van der Waals surface area (Å²) >= 11 is 3.43. The zero-order valence-electron chi connectivity index (χ0n) is 9.01. The van der Waals surface area contributed by atoms with Gasteiger partial charge in [0.15, 0.2) is 0 Å². The van der Waals surface area contributed by atoms with Crippen LogP contribution in [-0.4, -0.2) is 11.9 Å². The summed E-state index contributed by atoms with van der Waals surface area (Å²) in [5.41, 5.74) is 2.60. The van der Waals surface area contributed by atoms with E-state index in [1.807, 2.05) is 6.07 Å².